The summed E-state index contributed by atoms with van der Waals surface area (Å²) in [5.41, 5.74) is 0. The second-order valence-electron chi connectivity index (χ2n) is 5.20. The number of nitrogens with zero attached hydrogens (tertiary/aromatic N) is 3. The summed E-state index contributed by atoms with van der Waals surface area (Å²) in [4.78, 5) is 14.0. The van der Waals surface area contributed by atoms with Crippen LogP contribution in [0.25, 0.3) is 6.08 Å². The Bertz CT molecular complexity index is 617. The fraction of sp³-hybridized carbons (Fsp3) is 0.312. The molecule has 0 saturated carbocycles. The van der Waals surface area contributed by atoms with E-state index in [0.717, 1.165) is 31.7 Å². The minimum absolute atomic E-state index is 0.0225. The maximum atomic E-state index is 12.1. The second kappa shape index (κ2) is 6.89. The molecular weight excluding hydrogens is 280 g/mol. The van der Waals surface area contributed by atoms with E-state index in [2.05, 4.69) is 15.5 Å². The molecule has 22 heavy (non-hydrogen) atoms. The number of aromatic nitrogens is 2. The number of likely N-dealkylation sites (tertiary alicyclic amines) is 1. The molecule has 0 spiro atoms. The van der Waals surface area contributed by atoms with E-state index in [1.54, 1.807) is 30.7 Å². The normalized spacial score (nSPS) is 16.1. The van der Waals surface area contributed by atoms with Gasteiger partial charge in [0.1, 0.15) is 11.6 Å². The lowest BCUT2D eigenvalue weighted by molar-refractivity contribution is -0.126. The zero-order chi connectivity index (χ0) is 15.2. The Balaban J connectivity index is 1.48. The molecule has 6 heteroatoms. The summed E-state index contributed by atoms with van der Waals surface area (Å²) in [5.74, 6) is 1.49. The first-order chi connectivity index (χ1) is 10.8. The fourth-order valence-electron chi connectivity index (χ4n) is 2.48. The number of carbonyl (C=O) groups is 1. The third-order valence-electron chi connectivity index (χ3n) is 3.66. The lowest BCUT2D eigenvalue weighted by atomic mass is 10.0. The van der Waals surface area contributed by atoms with Crippen molar-refractivity contribution in [1.29, 1.82) is 0 Å². The van der Waals surface area contributed by atoms with Gasteiger partial charge in [0.05, 0.1) is 6.26 Å². The van der Waals surface area contributed by atoms with E-state index in [9.17, 15) is 4.79 Å². The van der Waals surface area contributed by atoms with Gasteiger partial charge in [0.25, 0.3) is 0 Å². The minimum Gasteiger partial charge on any atom is -0.465 e. The average Bonchev–Trinajstić information content (AvgIpc) is 3.08. The molecule has 1 saturated heterocycles. The molecule has 0 aliphatic carbocycles. The highest BCUT2D eigenvalue weighted by molar-refractivity contribution is 5.91. The number of nitrogens with one attached hydrogen (secondary N) is 1. The van der Waals surface area contributed by atoms with Crippen molar-refractivity contribution >= 4 is 17.8 Å². The average molecular weight is 298 g/mol. The Morgan fingerprint density at radius 1 is 1.32 bits per heavy atom. The quantitative estimate of drug-likeness (QED) is 0.876. The monoisotopic (exact) mass is 298 g/mol. The fourth-order valence-corrected chi connectivity index (χ4v) is 2.48. The Kier molecular flexibility index (Phi) is 4.48. The van der Waals surface area contributed by atoms with Crippen LogP contribution in [0.1, 0.15) is 18.6 Å². The number of anilines is 1. The van der Waals surface area contributed by atoms with E-state index in [-0.39, 0.29) is 5.91 Å². The number of piperidine rings is 1. The third kappa shape index (κ3) is 3.72. The molecule has 0 radical (unpaired) electrons. The topological polar surface area (TPSA) is 71.3 Å². The Hall–Kier alpha value is -2.63. The summed E-state index contributed by atoms with van der Waals surface area (Å²) < 4.78 is 5.17. The highest BCUT2D eigenvalue weighted by atomic mass is 16.3. The largest absolute Gasteiger partial charge is 0.465 e. The number of furan rings is 1. The number of amides is 1. The van der Waals surface area contributed by atoms with Gasteiger partial charge in [-0.15, -0.1) is 5.10 Å². The number of hydrogen-bond acceptors (Lipinski definition) is 5. The predicted molar refractivity (Wildman–Crippen MR) is 83.0 cm³/mol. The molecular formula is C16H18N4O2. The highest BCUT2D eigenvalue weighted by Gasteiger charge is 2.21. The highest BCUT2D eigenvalue weighted by Crippen LogP contribution is 2.15. The number of rotatable bonds is 4. The smallest absolute Gasteiger partial charge is 0.246 e. The predicted octanol–water partition coefficient (Wildman–Crippen LogP) is 2.19. The van der Waals surface area contributed by atoms with Crippen LogP contribution < -0.4 is 5.32 Å². The van der Waals surface area contributed by atoms with Crippen molar-refractivity contribution in [2.45, 2.75) is 18.9 Å². The minimum atomic E-state index is 0.0225. The molecule has 0 atom stereocenters. The Morgan fingerprint density at radius 2 is 2.18 bits per heavy atom. The van der Waals surface area contributed by atoms with Gasteiger partial charge in [-0.25, -0.2) is 0 Å². The molecule has 2 aromatic heterocycles. The van der Waals surface area contributed by atoms with Crippen molar-refractivity contribution in [3.8, 4) is 0 Å². The summed E-state index contributed by atoms with van der Waals surface area (Å²) in [7, 11) is 0. The van der Waals surface area contributed by atoms with Crippen molar-refractivity contribution in [2.75, 3.05) is 18.4 Å². The van der Waals surface area contributed by atoms with Gasteiger partial charge in [0.15, 0.2) is 0 Å². The van der Waals surface area contributed by atoms with Gasteiger partial charge < -0.3 is 14.6 Å². The van der Waals surface area contributed by atoms with Gasteiger partial charge in [-0.05, 0) is 43.2 Å². The zero-order valence-electron chi connectivity index (χ0n) is 12.2. The summed E-state index contributed by atoms with van der Waals surface area (Å²) in [5, 5.41) is 11.2. The van der Waals surface area contributed by atoms with E-state index in [1.807, 2.05) is 23.1 Å². The van der Waals surface area contributed by atoms with Gasteiger partial charge in [0, 0.05) is 31.4 Å². The molecule has 1 aliphatic heterocycles. The van der Waals surface area contributed by atoms with E-state index in [0.29, 0.717) is 11.8 Å². The molecule has 1 aliphatic rings. The molecule has 3 rings (SSSR count). The number of hydrogen-bond donors (Lipinski definition) is 1. The molecule has 3 heterocycles. The summed E-state index contributed by atoms with van der Waals surface area (Å²) in [6.07, 6.45) is 8.31. The first-order valence-corrected chi connectivity index (χ1v) is 7.36. The molecule has 1 fully saturated rings. The zero-order valence-corrected chi connectivity index (χ0v) is 12.2. The van der Waals surface area contributed by atoms with Crippen LogP contribution in [0.5, 0.6) is 0 Å². The number of carbonyl (C=O) groups excluding carboxylic acids is 1. The first-order valence-electron chi connectivity index (χ1n) is 7.36. The van der Waals surface area contributed by atoms with Gasteiger partial charge in [-0.1, -0.05) is 0 Å². The van der Waals surface area contributed by atoms with Crippen molar-refractivity contribution in [3.05, 3.63) is 48.6 Å². The maximum Gasteiger partial charge on any atom is 0.246 e. The van der Waals surface area contributed by atoms with Crippen LogP contribution in [0.3, 0.4) is 0 Å². The second-order valence-corrected chi connectivity index (χ2v) is 5.20. The maximum absolute atomic E-state index is 12.1. The lowest BCUT2D eigenvalue weighted by Gasteiger charge is -2.31. The van der Waals surface area contributed by atoms with E-state index >= 15 is 0 Å². The van der Waals surface area contributed by atoms with E-state index < -0.39 is 0 Å². The summed E-state index contributed by atoms with van der Waals surface area (Å²) in [6, 6.07) is 7.70. The van der Waals surface area contributed by atoms with Crippen LogP contribution in [0.4, 0.5) is 5.82 Å². The molecule has 0 unspecified atom stereocenters. The lowest BCUT2D eigenvalue weighted by Crippen LogP contribution is -2.41. The molecule has 0 aromatic carbocycles. The van der Waals surface area contributed by atoms with Crippen LogP contribution in [0.15, 0.2) is 47.2 Å². The molecule has 6 nitrogen and oxygen atoms in total. The molecule has 114 valence electrons. The SMILES string of the molecule is O=C(/C=C/c1ccco1)N1CCC(Nc2cccnn2)CC1. The van der Waals surface area contributed by atoms with Crippen molar-refractivity contribution < 1.29 is 9.21 Å². The molecule has 1 N–H and O–H groups in total. The van der Waals surface area contributed by atoms with Crippen molar-refractivity contribution in [2.24, 2.45) is 0 Å². The molecule has 2 aromatic rings. The van der Waals surface area contributed by atoms with Crippen LogP contribution >= 0.6 is 0 Å². The third-order valence-corrected chi connectivity index (χ3v) is 3.66. The van der Waals surface area contributed by atoms with Gasteiger partial charge in [0.2, 0.25) is 5.91 Å². The van der Waals surface area contributed by atoms with E-state index in [1.165, 1.54) is 0 Å². The molecule has 1 amide bonds. The Labute approximate surface area is 128 Å². The summed E-state index contributed by atoms with van der Waals surface area (Å²) in [6.45, 7) is 1.47. The molecule has 0 bridgehead atoms. The van der Waals surface area contributed by atoms with Crippen LogP contribution in [-0.2, 0) is 4.79 Å². The van der Waals surface area contributed by atoms with Crippen LogP contribution in [-0.4, -0.2) is 40.1 Å². The Morgan fingerprint density at radius 3 is 2.86 bits per heavy atom. The van der Waals surface area contributed by atoms with Crippen LogP contribution in [0.2, 0.25) is 0 Å². The van der Waals surface area contributed by atoms with Gasteiger partial charge >= 0.3 is 0 Å². The van der Waals surface area contributed by atoms with Gasteiger partial charge in [-0.2, -0.15) is 5.10 Å². The van der Waals surface area contributed by atoms with Gasteiger partial charge in [-0.3, -0.25) is 4.79 Å². The van der Waals surface area contributed by atoms with Crippen molar-refractivity contribution in [1.82, 2.24) is 15.1 Å². The van der Waals surface area contributed by atoms with Crippen molar-refractivity contribution in [3.63, 3.8) is 0 Å². The summed E-state index contributed by atoms with van der Waals surface area (Å²) >= 11 is 0. The first kappa shape index (κ1) is 14.3. The standard InChI is InChI=1S/C16H18N4O2/c21-16(6-5-14-3-2-12-22-14)20-10-7-13(8-11-20)18-15-4-1-9-17-19-15/h1-6,9,12-13H,7-8,10-11H2,(H,18,19)/b6-5+. The van der Waals surface area contributed by atoms with Crippen LogP contribution in [0, 0.1) is 0 Å². The van der Waals surface area contributed by atoms with E-state index in [4.69, 9.17) is 4.42 Å².